The Morgan fingerprint density at radius 2 is 2.20 bits per heavy atom. The van der Waals surface area contributed by atoms with Gasteiger partial charge in [0.15, 0.2) is 0 Å². The third-order valence-corrected chi connectivity index (χ3v) is 2.87. The van der Waals surface area contributed by atoms with Crippen LogP contribution in [0.3, 0.4) is 0 Å². The molecule has 3 N–H and O–H groups in total. The number of rotatable bonds is 1. The minimum absolute atomic E-state index is 0.551. The molecule has 2 aromatic rings. The van der Waals surface area contributed by atoms with Gasteiger partial charge in [-0.3, -0.25) is 5.10 Å². The van der Waals surface area contributed by atoms with E-state index in [4.69, 9.17) is 10.3 Å². The second kappa shape index (κ2) is 3.12. The van der Waals surface area contributed by atoms with Crippen LogP contribution in [0.4, 0.5) is 5.69 Å². The largest absolute Gasteiger partial charge is 0.394 e. The third kappa shape index (κ3) is 1.23. The summed E-state index contributed by atoms with van der Waals surface area (Å²) in [5.41, 5.74) is 9.59. The summed E-state index contributed by atoms with van der Waals surface area (Å²) >= 11 is 0. The Balaban J connectivity index is 2.13. The predicted molar refractivity (Wildman–Crippen MR) is 55.1 cm³/mol. The molecule has 5 nitrogen and oxygen atoms in total. The summed E-state index contributed by atoms with van der Waals surface area (Å²) in [6, 6.07) is 0. The van der Waals surface area contributed by atoms with Gasteiger partial charge in [-0.05, 0) is 25.7 Å². The highest BCUT2D eigenvalue weighted by Crippen LogP contribution is 2.32. The maximum absolute atomic E-state index is 5.75. The van der Waals surface area contributed by atoms with Gasteiger partial charge in [-0.1, -0.05) is 5.16 Å². The van der Waals surface area contributed by atoms with Crippen LogP contribution < -0.4 is 5.73 Å². The minimum atomic E-state index is 0.551. The zero-order chi connectivity index (χ0) is 10.3. The summed E-state index contributed by atoms with van der Waals surface area (Å²) in [5, 5.41) is 11.0. The summed E-state index contributed by atoms with van der Waals surface area (Å²) in [7, 11) is 0. The summed E-state index contributed by atoms with van der Waals surface area (Å²) < 4.78 is 5.12. The Morgan fingerprint density at radius 1 is 1.33 bits per heavy atom. The van der Waals surface area contributed by atoms with Gasteiger partial charge < -0.3 is 10.3 Å². The minimum Gasteiger partial charge on any atom is -0.394 e. The second-order valence-corrected chi connectivity index (χ2v) is 3.85. The number of aromatic amines is 1. The average Bonchev–Trinajstić information content (AvgIpc) is 2.83. The number of nitrogens with zero attached hydrogens (tertiary/aromatic N) is 2. The molecule has 15 heavy (non-hydrogen) atoms. The van der Waals surface area contributed by atoms with Crippen molar-refractivity contribution in [3.8, 4) is 11.5 Å². The number of hydrogen-bond donors (Lipinski definition) is 2. The molecule has 2 heterocycles. The van der Waals surface area contributed by atoms with Crippen LogP contribution in [0.25, 0.3) is 11.5 Å². The first-order valence-corrected chi connectivity index (χ1v) is 5.13. The number of aryl methyl sites for hydroxylation is 1. The van der Waals surface area contributed by atoms with Gasteiger partial charge >= 0.3 is 0 Å². The van der Waals surface area contributed by atoms with Crippen molar-refractivity contribution in [2.24, 2.45) is 0 Å². The molecule has 0 amide bonds. The van der Waals surface area contributed by atoms with Crippen molar-refractivity contribution < 1.29 is 4.52 Å². The van der Waals surface area contributed by atoms with Crippen LogP contribution in [-0.2, 0) is 12.8 Å². The molecule has 1 aliphatic carbocycles. The van der Waals surface area contributed by atoms with Gasteiger partial charge in [-0.15, -0.1) is 0 Å². The van der Waals surface area contributed by atoms with Crippen molar-refractivity contribution in [3.63, 3.8) is 0 Å². The molecular weight excluding hydrogens is 192 g/mol. The van der Waals surface area contributed by atoms with E-state index in [1.807, 2.05) is 0 Å². The summed E-state index contributed by atoms with van der Waals surface area (Å²) in [6.45, 7) is 0. The molecular formula is C10H12N4O. The number of fused-ring (bicyclic) bond motifs is 1. The highest BCUT2D eigenvalue weighted by atomic mass is 16.5. The van der Waals surface area contributed by atoms with Gasteiger partial charge in [0.1, 0.15) is 11.4 Å². The molecule has 78 valence electrons. The quantitative estimate of drug-likeness (QED) is 0.738. The van der Waals surface area contributed by atoms with Crippen molar-refractivity contribution in [2.45, 2.75) is 25.7 Å². The summed E-state index contributed by atoms with van der Waals surface area (Å²) in [4.78, 5) is 0. The zero-order valence-electron chi connectivity index (χ0n) is 8.29. The average molecular weight is 204 g/mol. The fourth-order valence-electron chi connectivity index (χ4n) is 2.10. The van der Waals surface area contributed by atoms with Crippen LogP contribution in [-0.4, -0.2) is 15.4 Å². The van der Waals surface area contributed by atoms with Gasteiger partial charge in [0, 0.05) is 11.3 Å². The fraction of sp³-hybridized carbons (Fsp3) is 0.400. The van der Waals surface area contributed by atoms with Crippen molar-refractivity contribution in [1.82, 2.24) is 15.4 Å². The highest BCUT2D eigenvalue weighted by molar-refractivity contribution is 5.70. The molecule has 5 heteroatoms. The SMILES string of the molecule is Nc1cnoc1-c1n[nH]c2c1CCCC2. The third-order valence-electron chi connectivity index (χ3n) is 2.87. The number of nitrogens with two attached hydrogens (primary N) is 1. The normalized spacial score (nSPS) is 15.2. The van der Waals surface area contributed by atoms with E-state index in [1.54, 1.807) is 0 Å². The van der Waals surface area contributed by atoms with E-state index >= 15 is 0 Å². The first-order chi connectivity index (χ1) is 7.36. The summed E-state index contributed by atoms with van der Waals surface area (Å²) in [5.74, 6) is 0.592. The smallest absolute Gasteiger partial charge is 0.210 e. The molecule has 0 unspecified atom stereocenters. The number of anilines is 1. The van der Waals surface area contributed by atoms with E-state index in [-0.39, 0.29) is 0 Å². The monoisotopic (exact) mass is 204 g/mol. The van der Waals surface area contributed by atoms with E-state index in [2.05, 4.69) is 15.4 Å². The Labute approximate surface area is 86.6 Å². The van der Waals surface area contributed by atoms with E-state index < -0.39 is 0 Å². The number of nitrogen functional groups attached to an aromatic ring is 1. The highest BCUT2D eigenvalue weighted by Gasteiger charge is 2.21. The molecule has 0 spiro atoms. The van der Waals surface area contributed by atoms with Crippen molar-refractivity contribution >= 4 is 5.69 Å². The van der Waals surface area contributed by atoms with E-state index in [9.17, 15) is 0 Å². The number of hydrogen-bond acceptors (Lipinski definition) is 4. The van der Waals surface area contributed by atoms with Gasteiger partial charge in [0.2, 0.25) is 5.76 Å². The van der Waals surface area contributed by atoms with Crippen LogP contribution in [0.15, 0.2) is 10.7 Å². The number of aromatic nitrogens is 3. The molecule has 0 saturated heterocycles. The lowest BCUT2D eigenvalue weighted by molar-refractivity contribution is 0.431. The molecule has 0 bridgehead atoms. The fourth-order valence-corrected chi connectivity index (χ4v) is 2.10. The Bertz CT molecular complexity index is 485. The van der Waals surface area contributed by atoms with E-state index in [0.29, 0.717) is 11.4 Å². The molecule has 0 aliphatic heterocycles. The lowest BCUT2D eigenvalue weighted by Gasteiger charge is -2.09. The number of nitrogens with one attached hydrogen (secondary N) is 1. The molecule has 1 aliphatic rings. The van der Waals surface area contributed by atoms with Crippen molar-refractivity contribution in [2.75, 3.05) is 5.73 Å². The van der Waals surface area contributed by atoms with Crippen molar-refractivity contribution in [3.05, 3.63) is 17.5 Å². The predicted octanol–water partition coefficient (Wildman–Crippen LogP) is 1.53. The van der Waals surface area contributed by atoms with Crippen molar-refractivity contribution in [1.29, 1.82) is 0 Å². The van der Waals surface area contributed by atoms with Gasteiger partial charge in [0.05, 0.1) is 6.20 Å². The molecule has 0 saturated carbocycles. The maximum atomic E-state index is 5.75. The summed E-state index contributed by atoms with van der Waals surface area (Å²) in [6.07, 6.45) is 6.05. The number of H-pyrrole nitrogens is 1. The second-order valence-electron chi connectivity index (χ2n) is 3.85. The Hall–Kier alpha value is -1.78. The van der Waals surface area contributed by atoms with E-state index in [0.717, 1.165) is 18.5 Å². The first kappa shape index (κ1) is 8.52. The Kier molecular flexibility index (Phi) is 1.77. The topological polar surface area (TPSA) is 80.7 Å². The molecule has 2 aromatic heterocycles. The standard InChI is InChI=1S/C10H12N4O/c11-7-5-12-15-10(7)9-6-3-1-2-4-8(6)13-14-9/h5H,1-4,11H2,(H,13,14). The Morgan fingerprint density at radius 3 is 3.00 bits per heavy atom. The van der Waals surface area contributed by atoms with Gasteiger partial charge in [0.25, 0.3) is 0 Å². The first-order valence-electron chi connectivity index (χ1n) is 5.13. The van der Waals surface area contributed by atoms with Crippen LogP contribution in [0.2, 0.25) is 0 Å². The van der Waals surface area contributed by atoms with Crippen LogP contribution in [0.5, 0.6) is 0 Å². The van der Waals surface area contributed by atoms with Gasteiger partial charge in [-0.25, -0.2) is 0 Å². The lowest BCUT2D eigenvalue weighted by atomic mass is 9.95. The van der Waals surface area contributed by atoms with Gasteiger partial charge in [-0.2, -0.15) is 5.10 Å². The maximum Gasteiger partial charge on any atom is 0.210 e. The molecule has 3 rings (SSSR count). The van der Waals surface area contributed by atoms with E-state index in [1.165, 1.54) is 30.3 Å². The van der Waals surface area contributed by atoms with Crippen LogP contribution >= 0.6 is 0 Å². The van der Waals surface area contributed by atoms with Crippen LogP contribution in [0, 0.1) is 0 Å². The molecule has 0 fully saturated rings. The molecule has 0 radical (unpaired) electrons. The molecule has 0 atom stereocenters. The zero-order valence-corrected chi connectivity index (χ0v) is 8.29. The lowest BCUT2D eigenvalue weighted by Crippen LogP contribution is -2.01. The van der Waals surface area contributed by atoms with Crippen LogP contribution in [0.1, 0.15) is 24.1 Å². The molecule has 0 aromatic carbocycles.